The van der Waals surface area contributed by atoms with Crippen molar-refractivity contribution in [1.82, 2.24) is 5.32 Å². The first kappa shape index (κ1) is 32.8. The quantitative estimate of drug-likeness (QED) is 0.185. The van der Waals surface area contributed by atoms with Crippen molar-refractivity contribution in [2.45, 2.75) is 57.7 Å². The van der Waals surface area contributed by atoms with Crippen LogP contribution in [0.25, 0.3) is 0 Å². The Hall–Kier alpha value is -2.81. The Morgan fingerprint density at radius 3 is 1.55 bits per heavy atom. The zero-order valence-corrected chi connectivity index (χ0v) is 17.7. The number of carboxylic acids is 4. The normalized spacial score (nSPS) is 16.1. The summed E-state index contributed by atoms with van der Waals surface area (Å²) in [5.74, 6) is -4.16. The summed E-state index contributed by atoms with van der Waals surface area (Å²) in [6.45, 7) is 4.47. The van der Waals surface area contributed by atoms with Crippen LogP contribution in [0.1, 0.15) is 39.5 Å². The maximum absolute atomic E-state index is 10.1. The summed E-state index contributed by atoms with van der Waals surface area (Å²) in [6, 6.07) is -2.12. The Balaban J connectivity index is -0.000000344. The van der Waals surface area contributed by atoms with Crippen LogP contribution in [0.5, 0.6) is 0 Å². The second kappa shape index (κ2) is 19.2. The smallest absolute Gasteiger partial charge is 0.321 e. The van der Waals surface area contributed by atoms with Crippen molar-refractivity contribution in [3.8, 4) is 0 Å². The highest BCUT2D eigenvalue weighted by atomic mass is 16.4. The number of rotatable bonds is 8. The van der Waals surface area contributed by atoms with Crippen LogP contribution in [0.4, 0.5) is 0 Å². The van der Waals surface area contributed by atoms with Gasteiger partial charge in [-0.15, -0.1) is 0 Å². The first-order valence-corrected chi connectivity index (χ1v) is 9.28. The molecule has 1 amide bonds. The lowest BCUT2D eigenvalue weighted by molar-refractivity contribution is -0.140. The lowest BCUT2D eigenvalue weighted by Crippen LogP contribution is -2.34. The van der Waals surface area contributed by atoms with Gasteiger partial charge in [0.25, 0.3) is 0 Å². The maximum atomic E-state index is 10.1. The number of primary amides is 1. The molecule has 0 spiro atoms. The number of hydrogen-bond acceptors (Lipinski definition) is 9. The van der Waals surface area contributed by atoms with E-state index < -0.39 is 41.9 Å². The molecule has 1 heterocycles. The molecule has 1 aliphatic heterocycles. The average molecular weight is 453 g/mol. The number of carboxylic acid groups (broad SMARTS) is 4. The van der Waals surface area contributed by atoms with Crippen molar-refractivity contribution in [3.05, 3.63) is 0 Å². The third-order valence-electron chi connectivity index (χ3n) is 3.31. The zero-order valence-electron chi connectivity index (χ0n) is 17.7. The molecule has 0 aromatic carbocycles. The number of aliphatic carboxylic acids is 4. The number of nitrogens with one attached hydrogen (secondary N) is 1. The summed E-state index contributed by atoms with van der Waals surface area (Å²) >= 11 is 0. The van der Waals surface area contributed by atoms with Gasteiger partial charge in [0.1, 0.15) is 18.1 Å². The van der Waals surface area contributed by atoms with Gasteiger partial charge >= 0.3 is 23.9 Å². The summed E-state index contributed by atoms with van der Waals surface area (Å²) in [4.78, 5) is 49.4. The standard InChI is InChI=1S/C6H13NO2.C5H9NO2.C4H8N2O3.C2H5NO2/c1-4(2)3-5(7)6(8)9;7-5(8)4-2-1-3-6-4;5-2(4(8)9)1-3(6)7;3-1-2(4)5/h4-5H,3,7H2,1-2H3,(H,8,9);4,6H,1-3H2,(H,7,8);2H,1,5H2,(H2,6,7)(H,8,9);1,3H2,(H,4,5)/t5-;4-;2-;/m000./s1. The highest BCUT2D eigenvalue weighted by molar-refractivity contribution is 5.83. The molecule has 0 radical (unpaired) electrons. The summed E-state index contributed by atoms with van der Waals surface area (Å²) < 4.78 is 0. The molecule has 182 valence electrons. The van der Waals surface area contributed by atoms with Crippen LogP contribution in [0, 0.1) is 5.92 Å². The third kappa shape index (κ3) is 25.2. The summed E-state index contributed by atoms with van der Waals surface area (Å²) in [5.41, 5.74) is 19.4. The zero-order chi connectivity index (χ0) is 25.1. The summed E-state index contributed by atoms with van der Waals surface area (Å²) in [6.07, 6.45) is 2.02. The van der Waals surface area contributed by atoms with Crippen molar-refractivity contribution in [1.29, 1.82) is 0 Å². The molecular formula is C17H35N5O9. The topological polar surface area (TPSA) is 282 Å². The number of nitrogens with two attached hydrogens (primary N) is 4. The largest absolute Gasteiger partial charge is 0.480 e. The predicted molar refractivity (Wildman–Crippen MR) is 110 cm³/mol. The van der Waals surface area contributed by atoms with Crippen molar-refractivity contribution < 1.29 is 44.4 Å². The number of hydrogen-bond donors (Lipinski definition) is 9. The van der Waals surface area contributed by atoms with Gasteiger partial charge in [0.15, 0.2) is 0 Å². The highest BCUT2D eigenvalue weighted by Gasteiger charge is 2.20. The van der Waals surface area contributed by atoms with Gasteiger partial charge in [0, 0.05) is 0 Å². The van der Waals surface area contributed by atoms with Crippen LogP contribution in [0.3, 0.4) is 0 Å². The van der Waals surface area contributed by atoms with E-state index in [1.807, 2.05) is 13.8 Å². The molecule has 3 atom stereocenters. The number of carbonyl (C=O) groups is 5. The fraction of sp³-hybridized carbons (Fsp3) is 0.706. The molecule has 14 heteroatoms. The van der Waals surface area contributed by atoms with Crippen molar-refractivity contribution in [2.24, 2.45) is 28.9 Å². The van der Waals surface area contributed by atoms with E-state index in [1.54, 1.807) is 0 Å². The van der Waals surface area contributed by atoms with E-state index in [-0.39, 0.29) is 19.0 Å². The fourth-order valence-electron chi connectivity index (χ4n) is 1.81. The minimum absolute atomic E-state index is 0.269. The van der Waals surface area contributed by atoms with Gasteiger partial charge in [-0.3, -0.25) is 24.0 Å². The van der Waals surface area contributed by atoms with Crippen LogP contribution < -0.4 is 28.3 Å². The van der Waals surface area contributed by atoms with Crippen molar-refractivity contribution in [3.63, 3.8) is 0 Å². The molecule has 13 N–H and O–H groups in total. The first-order chi connectivity index (χ1) is 14.1. The third-order valence-corrected chi connectivity index (χ3v) is 3.31. The van der Waals surface area contributed by atoms with Crippen LogP contribution >= 0.6 is 0 Å². The minimum atomic E-state index is -1.21. The monoisotopic (exact) mass is 453 g/mol. The van der Waals surface area contributed by atoms with Gasteiger partial charge in [-0.25, -0.2) is 0 Å². The Morgan fingerprint density at radius 2 is 1.42 bits per heavy atom. The minimum Gasteiger partial charge on any atom is -0.480 e. The fourth-order valence-corrected chi connectivity index (χ4v) is 1.81. The van der Waals surface area contributed by atoms with Crippen LogP contribution in [0.2, 0.25) is 0 Å². The molecule has 0 aliphatic carbocycles. The molecule has 14 nitrogen and oxygen atoms in total. The molecule has 0 saturated carbocycles. The Labute approximate surface area is 179 Å². The second-order valence-corrected chi connectivity index (χ2v) is 6.77. The lowest BCUT2D eigenvalue weighted by Gasteiger charge is -2.07. The molecule has 1 aliphatic rings. The second-order valence-electron chi connectivity index (χ2n) is 6.77. The molecule has 0 aromatic heterocycles. The van der Waals surface area contributed by atoms with E-state index in [1.165, 1.54) is 0 Å². The van der Waals surface area contributed by atoms with Crippen LogP contribution in [-0.4, -0.2) is 81.4 Å². The molecule has 31 heavy (non-hydrogen) atoms. The number of carbonyl (C=O) groups excluding carboxylic acids is 1. The van der Waals surface area contributed by atoms with Crippen molar-refractivity contribution >= 4 is 29.8 Å². The van der Waals surface area contributed by atoms with E-state index in [0.29, 0.717) is 12.3 Å². The van der Waals surface area contributed by atoms with E-state index in [2.05, 4.69) is 16.8 Å². The van der Waals surface area contributed by atoms with E-state index in [9.17, 15) is 24.0 Å². The van der Waals surface area contributed by atoms with E-state index in [0.717, 1.165) is 19.4 Å². The van der Waals surface area contributed by atoms with Gasteiger partial charge in [-0.05, 0) is 31.7 Å². The SMILES string of the molecule is CC(C)C[C@H](N)C(=O)O.NC(=O)C[C@H](N)C(=O)O.NCC(=O)O.O=C(O)[C@@H]1CCCN1. The van der Waals surface area contributed by atoms with Gasteiger partial charge in [-0.1, -0.05) is 13.8 Å². The van der Waals surface area contributed by atoms with E-state index in [4.69, 9.17) is 31.9 Å². The Bertz CT molecular complexity index is 566. The summed E-state index contributed by atoms with van der Waals surface area (Å²) in [7, 11) is 0. The number of amides is 1. The Kier molecular flexibility index (Phi) is 20.3. The molecular weight excluding hydrogens is 418 g/mol. The average Bonchev–Trinajstić information content (AvgIpc) is 3.17. The Morgan fingerprint density at radius 1 is 0.968 bits per heavy atom. The van der Waals surface area contributed by atoms with Crippen LogP contribution in [0.15, 0.2) is 0 Å². The molecule has 1 fully saturated rings. The molecule has 0 bridgehead atoms. The molecule has 1 rings (SSSR count). The van der Waals surface area contributed by atoms with Crippen LogP contribution in [-0.2, 0) is 24.0 Å². The van der Waals surface area contributed by atoms with Gasteiger partial charge in [-0.2, -0.15) is 0 Å². The van der Waals surface area contributed by atoms with E-state index >= 15 is 0 Å². The van der Waals surface area contributed by atoms with Gasteiger partial charge in [0.05, 0.1) is 13.0 Å². The maximum Gasteiger partial charge on any atom is 0.321 e. The lowest BCUT2D eigenvalue weighted by atomic mass is 10.1. The molecule has 0 unspecified atom stereocenters. The molecule has 1 saturated heterocycles. The predicted octanol–water partition coefficient (Wildman–Crippen LogP) is -2.43. The first-order valence-electron chi connectivity index (χ1n) is 9.28. The van der Waals surface area contributed by atoms with Crippen molar-refractivity contribution in [2.75, 3.05) is 13.1 Å². The highest BCUT2D eigenvalue weighted by Crippen LogP contribution is 2.03. The molecule has 0 aromatic rings. The van der Waals surface area contributed by atoms with Gasteiger partial charge in [0.2, 0.25) is 5.91 Å². The van der Waals surface area contributed by atoms with Gasteiger partial charge < -0.3 is 48.7 Å². The summed E-state index contributed by atoms with van der Waals surface area (Å²) in [5, 5.41) is 35.2.